The van der Waals surface area contributed by atoms with Crippen LogP contribution in [0, 0.1) is 0 Å². The van der Waals surface area contributed by atoms with Crippen molar-refractivity contribution in [3.63, 3.8) is 0 Å². The van der Waals surface area contributed by atoms with Crippen LogP contribution in [0.3, 0.4) is 0 Å². The molecule has 0 radical (unpaired) electrons. The van der Waals surface area contributed by atoms with E-state index >= 15 is 0 Å². The molecule has 1 atom stereocenters. The van der Waals surface area contributed by atoms with Gasteiger partial charge < -0.3 is 4.74 Å². The van der Waals surface area contributed by atoms with E-state index in [1.165, 1.54) is 5.56 Å². The summed E-state index contributed by atoms with van der Waals surface area (Å²) in [5.74, 6) is 0.936. The third kappa shape index (κ3) is 1.69. The van der Waals surface area contributed by atoms with Gasteiger partial charge in [0.2, 0.25) is 0 Å². The summed E-state index contributed by atoms with van der Waals surface area (Å²) in [5.41, 5.74) is 1.18. The number of ether oxygens (including phenoxy) is 1. The summed E-state index contributed by atoms with van der Waals surface area (Å²) in [7, 11) is 0. The Balaban J connectivity index is 2.33. The first-order chi connectivity index (χ1) is 6.68. The predicted octanol–water partition coefficient (Wildman–Crippen LogP) is 2.73. The molecule has 1 heterocycles. The van der Waals surface area contributed by atoms with E-state index in [2.05, 4.69) is 15.9 Å². The number of carbonyl (C=O) groups is 1. The molecule has 1 aromatic rings. The van der Waals surface area contributed by atoms with Crippen molar-refractivity contribution >= 4 is 21.7 Å². The summed E-state index contributed by atoms with van der Waals surface area (Å²) in [6.45, 7) is 1.58. The Morgan fingerprint density at radius 3 is 3.07 bits per heavy atom. The number of ketones is 1. The van der Waals surface area contributed by atoms with Crippen molar-refractivity contribution in [1.29, 1.82) is 0 Å². The molecular weight excluding hydrogens is 244 g/mol. The van der Waals surface area contributed by atoms with E-state index in [1.54, 1.807) is 6.92 Å². The number of halogens is 1. The molecule has 1 unspecified atom stereocenters. The van der Waals surface area contributed by atoms with E-state index in [0.717, 1.165) is 23.1 Å². The molecule has 1 aliphatic heterocycles. The smallest absolute Gasteiger partial charge is 0.170 e. The average molecular weight is 255 g/mol. The van der Waals surface area contributed by atoms with Gasteiger partial charge in [0.05, 0.1) is 4.47 Å². The van der Waals surface area contributed by atoms with E-state index in [-0.39, 0.29) is 11.9 Å². The minimum atomic E-state index is -0.263. The fourth-order valence-electron chi connectivity index (χ4n) is 1.66. The summed E-state index contributed by atoms with van der Waals surface area (Å²) in [6.07, 6.45) is 1.44. The second-order valence-electron chi connectivity index (χ2n) is 3.48. The average Bonchev–Trinajstić information content (AvgIpc) is 2.18. The summed E-state index contributed by atoms with van der Waals surface area (Å²) in [4.78, 5) is 11.2. The van der Waals surface area contributed by atoms with Gasteiger partial charge in [-0.2, -0.15) is 0 Å². The lowest BCUT2D eigenvalue weighted by atomic mass is 10.0. The zero-order valence-electron chi connectivity index (χ0n) is 7.92. The Morgan fingerprint density at radius 2 is 2.36 bits per heavy atom. The fraction of sp³-hybridized carbons (Fsp3) is 0.364. The maximum atomic E-state index is 11.2. The van der Waals surface area contributed by atoms with Crippen LogP contribution in [0.5, 0.6) is 5.75 Å². The molecule has 3 heteroatoms. The highest BCUT2D eigenvalue weighted by atomic mass is 79.9. The third-order valence-corrected chi connectivity index (χ3v) is 3.06. The number of hydrogen-bond acceptors (Lipinski definition) is 2. The quantitative estimate of drug-likeness (QED) is 0.771. The normalized spacial score (nSPS) is 19.7. The number of fused-ring (bicyclic) bond motifs is 1. The zero-order valence-corrected chi connectivity index (χ0v) is 9.50. The minimum absolute atomic E-state index is 0.103. The highest BCUT2D eigenvalue weighted by molar-refractivity contribution is 9.10. The van der Waals surface area contributed by atoms with Gasteiger partial charge in [-0.1, -0.05) is 12.1 Å². The SMILES string of the molecule is CC(=O)C1CCc2cccc(Br)c2O1. The summed E-state index contributed by atoms with van der Waals surface area (Å²) < 4.78 is 6.56. The Hall–Kier alpha value is -0.830. The molecule has 0 spiro atoms. The lowest BCUT2D eigenvalue weighted by Crippen LogP contribution is -2.29. The number of Topliss-reactive ketones (excluding diaryl/α,β-unsaturated/α-hetero) is 1. The van der Waals surface area contributed by atoms with E-state index in [0.29, 0.717) is 0 Å². The number of rotatable bonds is 1. The van der Waals surface area contributed by atoms with Gasteiger partial charge in [-0.25, -0.2) is 0 Å². The Morgan fingerprint density at radius 1 is 1.57 bits per heavy atom. The molecule has 2 rings (SSSR count). The molecule has 0 N–H and O–H groups in total. The van der Waals surface area contributed by atoms with Crippen molar-refractivity contribution in [3.05, 3.63) is 28.2 Å². The summed E-state index contributed by atoms with van der Waals surface area (Å²) >= 11 is 3.42. The minimum Gasteiger partial charge on any atom is -0.481 e. The van der Waals surface area contributed by atoms with Gasteiger partial charge in [-0.05, 0) is 47.3 Å². The van der Waals surface area contributed by atoms with Gasteiger partial charge in [0.15, 0.2) is 11.9 Å². The second kappa shape index (κ2) is 3.73. The van der Waals surface area contributed by atoms with Gasteiger partial charge in [-0.3, -0.25) is 4.79 Å². The van der Waals surface area contributed by atoms with Crippen molar-refractivity contribution in [2.45, 2.75) is 25.9 Å². The molecule has 1 aromatic carbocycles. The van der Waals surface area contributed by atoms with Crippen molar-refractivity contribution < 1.29 is 9.53 Å². The maximum absolute atomic E-state index is 11.2. The van der Waals surface area contributed by atoms with E-state index in [4.69, 9.17) is 4.74 Å². The summed E-state index contributed by atoms with van der Waals surface area (Å²) in [6, 6.07) is 5.96. The van der Waals surface area contributed by atoms with Crippen molar-refractivity contribution in [2.24, 2.45) is 0 Å². The third-order valence-electron chi connectivity index (χ3n) is 2.44. The van der Waals surface area contributed by atoms with E-state index in [9.17, 15) is 4.79 Å². The van der Waals surface area contributed by atoms with Gasteiger partial charge in [0.25, 0.3) is 0 Å². The van der Waals surface area contributed by atoms with Crippen LogP contribution in [-0.4, -0.2) is 11.9 Å². The summed E-state index contributed by atoms with van der Waals surface area (Å²) in [5, 5.41) is 0. The number of hydrogen-bond donors (Lipinski definition) is 0. The number of carbonyl (C=O) groups excluding carboxylic acids is 1. The first kappa shape index (κ1) is 9.71. The molecule has 1 aliphatic rings. The molecule has 0 bridgehead atoms. The first-order valence-corrected chi connectivity index (χ1v) is 5.42. The van der Waals surface area contributed by atoms with Crippen LogP contribution in [0.1, 0.15) is 18.9 Å². The van der Waals surface area contributed by atoms with Crippen LogP contribution in [0.15, 0.2) is 22.7 Å². The monoisotopic (exact) mass is 254 g/mol. The van der Waals surface area contributed by atoms with Gasteiger partial charge in [0, 0.05) is 0 Å². The van der Waals surface area contributed by atoms with Gasteiger partial charge >= 0.3 is 0 Å². The van der Waals surface area contributed by atoms with E-state index in [1.807, 2.05) is 18.2 Å². The molecule has 14 heavy (non-hydrogen) atoms. The zero-order chi connectivity index (χ0) is 10.1. The molecule has 0 aromatic heterocycles. The van der Waals surface area contributed by atoms with E-state index < -0.39 is 0 Å². The van der Waals surface area contributed by atoms with Crippen molar-refractivity contribution in [1.82, 2.24) is 0 Å². The van der Waals surface area contributed by atoms with Crippen LogP contribution in [-0.2, 0) is 11.2 Å². The second-order valence-corrected chi connectivity index (χ2v) is 4.34. The number of aryl methyl sites for hydroxylation is 1. The Bertz CT molecular complexity index is 374. The Kier molecular flexibility index (Phi) is 2.59. The molecule has 0 fully saturated rings. The lowest BCUT2D eigenvalue weighted by Gasteiger charge is -2.24. The van der Waals surface area contributed by atoms with Crippen LogP contribution < -0.4 is 4.74 Å². The highest BCUT2D eigenvalue weighted by Gasteiger charge is 2.24. The molecule has 0 aliphatic carbocycles. The van der Waals surface area contributed by atoms with Crippen LogP contribution in [0.2, 0.25) is 0 Å². The van der Waals surface area contributed by atoms with Gasteiger partial charge in [-0.15, -0.1) is 0 Å². The maximum Gasteiger partial charge on any atom is 0.170 e. The molecular formula is C11H11BrO2. The lowest BCUT2D eigenvalue weighted by molar-refractivity contribution is -0.124. The van der Waals surface area contributed by atoms with Crippen molar-refractivity contribution in [3.8, 4) is 5.75 Å². The molecule has 74 valence electrons. The standard InChI is InChI=1S/C11H11BrO2/c1-7(13)10-6-5-8-3-2-4-9(12)11(8)14-10/h2-4,10H,5-6H2,1H3. The topological polar surface area (TPSA) is 26.3 Å². The highest BCUT2D eigenvalue weighted by Crippen LogP contribution is 2.34. The number of para-hydroxylation sites is 1. The first-order valence-electron chi connectivity index (χ1n) is 4.63. The van der Waals surface area contributed by atoms with Crippen LogP contribution >= 0.6 is 15.9 Å². The van der Waals surface area contributed by atoms with Crippen LogP contribution in [0.25, 0.3) is 0 Å². The van der Waals surface area contributed by atoms with Crippen LogP contribution in [0.4, 0.5) is 0 Å². The predicted molar refractivity (Wildman–Crippen MR) is 57.6 cm³/mol. The molecule has 0 saturated heterocycles. The fourth-order valence-corrected chi connectivity index (χ4v) is 2.16. The van der Waals surface area contributed by atoms with Crippen molar-refractivity contribution in [2.75, 3.05) is 0 Å². The number of benzene rings is 1. The largest absolute Gasteiger partial charge is 0.481 e. The Labute approximate surface area is 91.4 Å². The molecule has 0 amide bonds. The molecule has 0 saturated carbocycles. The molecule has 2 nitrogen and oxygen atoms in total. The van der Waals surface area contributed by atoms with Gasteiger partial charge in [0.1, 0.15) is 5.75 Å².